The molecule has 0 saturated heterocycles. The van der Waals surface area contributed by atoms with Crippen molar-refractivity contribution in [2.24, 2.45) is 11.8 Å². The van der Waals surface area contributed by atoms with Crippen molar-refractivity contribution in [3.8, 4) is 33.8 Å². The van der Waals surface area contributed by atoms with Gasteiger partial charge >= 0.3 is 11.9 Å². The third-order valence-electron chi connectivity index (χ3n) is 10.2. The van der Waals surface area contributed by atoms with Gasteiger partial charge in [0.15, 0.2) is 0 Å². The van der Waals surface area contributed by atoms with Crippen LogP contribution in [0.4, 0.5) is 0 Å². The van der Waals surface area contributed by atoms with Gasteiger partial charge in [-0.2, -0.15) is 0 Å². The number of carbonyl (C=O) groups is 2. The van der Waals surface area contributed by atoms with Gasteiger partial charge in [-0.15, -0.1) is 0 Å². The van der Waals surface area contributed by atoms with Gasteiger partial charge in [0.1, 0.15) is 11.5 Å². The Balaban J connectivity index is 1.20. The summed E-state index contributed by atoms with van der Waals surface area (Å²) in [5.41, 5.74) is 9.18. The van der Waals surface area contributed by atoms with Crippen LogP contribution in [0.25, 0.3) is 22.3 Å². The molecule has 0 spiro atoms. The molecule has 0 heterocycles. The van der Waals surface area contributed by atoms with E-state index >= 15 is 0 Å². The second kappa shape index (κ2) is 15.0. The lowest BCUT2D eigenvalue weighted by Crippen LogP contribution is -2.32. The van der Waals surface area contributed by atoms with Crippen LogP contribution in [-0.4, -0.2) is 11.9 Å². The van der Waals surface area contributed by atoms with Crippen molar-refractivity contribution in [2.75, 3.05) is 0 Å². The molecule has 0 radical (unpaired) electrons. The molecule has 2 atom stereocenters. The molecule has 0 saturated carbocycles. The summed E-state index contributed by atoms with van der Waals surface area (Å²) in [4.78, 5) is 26.7. The molecule has 0 amide bonds. The topological polar surface area (TPSA) is 52.6 Å². The summed E-state index contributed by atoms with van der Waals surface area (Å²) in [6.07, 6.45) is 2.77. The van der Waals surface area contributed by atoms with Gasteiger partial charge in [-0.1, -0.05) is 147 Å². The average molecular weight is 671 g/mol. The molecular weight excluding hydrogens is 629 g/mol. The van der Waals surface area contributed by atoms with Crippen molar-refractivity contribution in [1.29, 1.82) is 0 Å². The molecule has 51 heavy (non-hydrogen) atoms. The summed E-state index contributed by atoms with van der Waals surface area (Å²) in [7, 11) is 0. The molecule has 0 fully saturated rings. The molecule has 6 aromatic carbocycles. The SMILES string of the molecule is CC(Cc1ccccc1-c1ccccc1CCC1(CC(C)C(=O)Oc2ccccc2)c2ccccc2-c2ccccc21)C(=O)Oc1ccccc1. The molecule has 2 unspecified atom stereocenters. The maximum Gasteiger partial charge on any atom is 0.314 e. The summed E-state index contributed by atoms with van der Waals surface area (Å²) < 4.78 is 11.6. The van der Waals surface area contributed by atoms with Crippen molar-refractivity contribution >= 4 is 11.9 Å². The summed E-state index contributed by atoms with van der Waals surface area (Å²) in [6, 6.07) is 52.8. The Morgan fingerprint density at radius 3 is 1.45 bits per heavy atom. The first-order valence-electron chi connectivity index (χ1n) is 17.8. The van der Waals surface area contributed by atoms with Gasteiger partial charge in [0.05, 0.1) is 11.8 Å². The third kappa shape index (κ3) is 7.13. The molecule has 0 aliphatic heterocycles. The largest absolute Gasteiger partial charge is 0.426 e. The van der Waals surface area contributed by atoms with E-state index in [0.29, 0.717) is 24.3 Å². The van der Waals surface area contributed by atoms with Crippen LogP contribution in [0.15, 0.2) is 158 Å². The number of para-hydroxylation sites is 2. The summed E-state index contributed by atoms with van der Waals surface area (Å²) in [5.74, 6) is -0.0326. The molecule has 0 aromatic heterocycles. The zero-order valence-corrected chi connectivity index (χ0v) is 29.1. The summed E-state index contributed by atoms with van der Waals surface area (Å²) >= 11 is 0. The molecule has 1 aliphatic carbocycles. The second-order valence-corrected chi connectivity index (χ2v) is 13.7. The van der Waals surface area contributed by atoms with Crippen molar-refractivity contribution in [1.82, 2.24) is 0 Å². The minimum Gasteiger partial charge on any atom is -0.426 e. The quantitative estimate of drug-likeness (QED) is 0.0961. The number of rotatable bonds is 12. The van der Waals surface area contributed by atoms with Crippen LogP contribution < -0.4 is 9.47 Å². The van der Waals surface area contributed by atoms with E-state index in [-0.39, 0.29) is 23.8 Å². The van der Waals surface area contributed by atoms with Crippen LogP contribution >= 0.6 is 0 Å². The second-order valence-electron chi connectivity index (χ2n) is 13.7. The summed E-state index contributed by atoms with van der Waals surface area (Å²) in [6.45, 7) is 3.92. The highest BCUT2D eigenvalue weighted by atomic mass is 16.5. The number of hydrogen-bond donors (Lipinski definition) is 0. The van der Waals surface area contributed by atoms with Crippen molar-refractivity contribution in [3.05, 3.63) is 180 Å². The minimum atomic E-state index is -0.398. The standard InChI is InChI=1S/C47H42O4/c1-33(45(48)50-37-19-5-3-6-20-37)31-36-18-10-12-24-40(36)39-23-11-9-17-35(39)29-30-47(32-34(2)46(49)51-38-21-7-4-8-22-38)43-27-15-13-25-41(43)42-26-14-16-28-44(42)47/h3-28,33-34H,29-32H2,1-2H3. The zero-order valence-electron chi connectivity index (χ0n) is 29.1. The highest BCUT2D eigenvalue weighted by Gasteiger charge is 2.44. The Hall–Kier alpha value is -5.74. The van der Waals surface area contributed by atoms with Crippen molar-refractivity contribution < 1.29 is 19.1 Å². The van der Waals surface area contributed by atoms with Crippen LogP contribution in [0.2, 0.25) is 0 Å². The number of carbonyl (C=O) groups excluding carboxylic acids is 2. The number of aryl methyl sites for hydroxylation is 1. The monoisotopic (exact) mass is 670 g/mol. The number of esters is 2. The molecule has 1 aliphatic rings. The molecule has 6 aromatic rings. The number of fused-ring (bicyclic) bond motifs is 3. The van der Waals surface area contributed by atoms with Crippen LogP contribution in [-0.2, 0) is 27.8 Å². The van der Waals surface area contributed by atoms with Gasteiger partial charge in [-0.3, -0.25) is 9.59 Å². The number of hydrogen-bond acceptors (Lipinski definition) is 4. The fourth-order valence-electron chi connectivity index (χ4n) is 7.75. The van der Waals surface area contributed by atoms with E-state index in [4.69, 9.17) is 9.47 Å². The normalized spacial score (nSPS) is 13.8. The van der Waals surface area contributed by atoms with Crippen LogP contribution in [0.5, 0.6) is 11.5 Å². The first kappa shape index (κ1) is 33.7. The van der Waals surface area contributed by atoms with Crippen LogP contribution in [0, 0.1) is 11.8 Å². The third-order valence-corrected chi connectivity index (χ3v) is 10.2. The smallest absolute Gasteiger partial charge is 0.314 e. The molecular formula is C47H42O4. The van der Waals surface area contributed by atoms with E-state index in [1.165, 1.54) is 27.8 Å². The Morgan fingerprint density at radius 1 is 0.490 bits per heavy atom. The minimum absolute atomic E-state index is 0.225. The molecule has 0 N–H and O–H groups in total. The number of benzene rings is 6. The van der Waals surface area contributed by atoms with E-state index in [0.717, 1.165) is 29.5 Å². The van der Waals surface area contributed by atoms with Gasteiger partial charge in [0.25, 0.3) is 0 Å². The van der Waals surface area contributed by atoms with Gasteiger partial charge < -0.3 is 9.47 Å². The molecule has 7 rings (SSSR count). The molecule has 0 bridgehead atoms. The molecule has 4 heteroatoms. The highest BCUT2D eigenvalue weighted by molar-refractivity contribution is 5.82. The zero-order chi connectivity index (χ0) is 35.2. The Bertz CT molecular complexity index is 2090. The van der Waals surface area contributed by atoms with E-state index < -0.39 is 5.41 Å². The molecule has 254 valence electrons. The van der Waals surface area contributed by atoms with Gasteiger partial charge in [-0.25, -0.2) is 0 Å². The Morgan fingerprint density at radius 2 is 0.902 bits per heavy atom. The fraction of sp³-hybridized carbons (Fsp3) is 0.191. The van der Waals surface area contributed by atoms with E-state index in [9.17, 15) is 9.59 Å². The maximum atomic E-state index is 13.6. The van der Waals surface area contributed by atoms with Gasteiger partial charge in [0, 0.05) is 5.41 Å². The first-order valence-corrected chi connectivity index (χ1v) is 17.8. The van der Waals surface area contributed by atoms with E-state index in [2.05, 4.69) is 91.0 Å². The van der Waals surface area contributed by atoms with Gasteiger partial charge in [0.2, 0.25) is 0 Å². The average Bonchev–Trinajstić information content (AvgIpc) is 3.44. The predicted molar refractivity (Wildman–Crippen MR) is 204 cm³/mol. The first-order chi connectivity index (χ1) is 24.9. The lowest BCUT2D eigenvalue weighted by Gasteiger charge is -2.34. The summed E-state index contributed by atoms with van der Waals surface area (Å²) in [5, 5.41) is 0. The Kier molecular flexibility index (Phi) is 9.94. The lowest BCUT2D eigenvalue weighted by molar-refractivity contribution is -0.139. The van der Waals surface area contributed by atoms with E-state index in [1.807, 2.05) is 68.4 Å². The van der Waals surface area contributed by atoms with E-state index in [1.54, 1.807) is 12.1 Å². The van der Waals surface area contributed by atoms with Crippen LogP contribution in [0.1, 0.15) is 48.9 Å². The van der Waals surface area contributed by atoms with Crippen molar-refractivity contribution in [3.63, 3.8) is 0 Å². The van der Waals surface area contributed by atoms with Crippen LogP contribution in [0.3, 0.4) is 0 Å². The predicted octanol–water partition coefficient (Wildman–Crippen LogP) is 10.7. The maximum absolute atomic E-state index is 13.6. The fourth-order valence-corrected chi connectivity index (χ4v) is 7.75. The molecule has 4 nitrogen and oxygen atoms in total. The number of ether oxygens (including phenoxy) is 2. The van der Waals surface area contributed by atoms with Gasteiger partial charge in [-0.05, 0) is 94.5 Å². The highest BCUT2D eigenvalue weighted by Crippen LogP contribution is 2.54. The lowest BCUT2D eigenvalue weighted by atomic mass is 9.68. The van der Waals surface area contributed by atoms with Crippen molar-refractivity contribution in [2.45, 2.75) is 44.9 Å². The Labute approximate surface area is 300 Å².